The molecule has 0 radical (unpaired) electrons. The molecule has 0 aromatic rings. The van der Waals surface area contributed by atoms with Crippen molar-refractivity contribution >= 4 is 11.9 Å². The molecule has 2 unspecified atom stereocenters. The Bertz CT molecular complexity index is 1250. The van der Waals surface area contributed by atoms with Gasteiger partial charge >= 0.3 is 5.97 Å². The number of ether oxygens (including phenoxy) is 1. The molecule has 0 spiro atoms. The quantitative estimate of drug-likeness (QED) is 0.0320. The second kappa shape index (κ2) is 69.8. The van der Waals surface area contributed by atoms with Crippen LogP contribution < -0.4 is 5.32 Å². The molecule has 0 aliphatic heterocycles. The first-order valence-corrected chi connectivity index (χ1v) is 36.6. The highest BCUT2D eigenvalue weighted by Gasteiger charge is 2.18. The van der Waals surface area contributed by atoms with Gasteiger partial charge in [0, 0.05) is 12.8 Å². The van der Waals surface area contributed by atoms with Crippen LogP contribution in [-0.2, 0) is 14.3 Å². The number of aliphatic hydroxyl groups excluding tert-OH is 2. The van der Waals surface area contributed by atoms with Crippen molar-refractivity contribution in [2.75, 3.05) is 13.2 Å². The predicted molar refractivity (Wildman–Crippen MR) is 352 cm³/mol. The number of aliphatic hydroxyl groups is 2. The van der Waals surface area contributed by atoms with Crippen molar-refractivity contribution in [2.45, 2.75) is 424 Å². The predicted octanol–water partition coefficient (Wildman–Crippen LogP) is 23.7. The largest absolute Gasteiger partial charge is 0.466 e. The smallest absolute Gasteiger partial charge is 0.305 e. The molecule has 6 heteroatoms. The SMILES string of the molecule is CCCCCCCCCCCCCCCCCCCCCCCCC/C=C/C(O)C(CO)NC(=O)CCCCCCCCCCCC/C=C\CCCCCCCCCCCCCCOC(=O)CCCCCCCCCCCCCC. The molecule has 0 fully saturated rings. The normalized spacial score (nSPS) is 12.6. The average Bonchev–Trinajstić information content (AvgIpc) is 3.46. The zero-order chi connectivity index (χ0) is 57.8. The molecule has 1 amide bonds. The maximum atomic E-state index is 12.5. The lowest BCUT2D eigenvalue weighted by atomic mass is 10.0. The molecule has 3 N–H and O–H groups in total. The molecule has 474 valence electrons. The molecule has 0 rings (SSSR count). The van der Waals surface area contributed by atoms with Gasteiger partial charge in [-0.2, -0.15) is 0 Å². The van der Waals surface area contributed by atoms with Crippen molar-refractivity contribution in [3.63, 3.8) is 0 Å². The lowest BCUT2D eigenvalue weighted by Crippen LogP contribution is -2.45. The maximum Gasteiger partial charge on any atom is 0.305 e. The van der Waals surface area contributed by atoms with Gasteiger partial charge in [-0.25, -0.2) is 0 Å². The highest BCUT2D eigenvalue weighted by molar-refractivity contribution is 5.76. The van der Waals surface area contributed by atoms with Gasteiger partial charge < -0.3 is 20.3 Å². The summed E-state index contributed by atoms with van der Waals surface area (Å²) in [6.45, 7) is 4.94. The molecular weight excluding hydrogens is 983 g/mol. The fourth-order valence-corrected chi connectivity index (χ4v) is 11.6. The monoisotopic (exact) mass is 1130 g/mol. The summed E-state index contributed by atoms with van der Waals surface area (Å²) >= 11 is 0. The van der Waals surface area contributed by atoms with Crippen LogP contribution >= 0.6 is 0 Å². The molecule has 0 aliphatic rings. The zero-order valence-electron chi connectivity index (χ0n) is 54.3. The summed E-state index contributed by atoms with van der Waals surface area (Å²) in [6, 6.07) is -0.631. The van der Waals surface area contributed by atoms with E-state index in [1.807, 2.05) is 6.08 Å². The number of allylic oxidation sites excluding steroid dienone is 3. The Morgan fingerprint density at radius 1 is 0.338 bits per heavy atom. The van der Waals surface area contributed by atoms with Crippen molar-refractivity contribution < 1.29 is 24.5 Å². The molecule has 0 aromatic carbocycles. The van der Waals surface area contributed by atoms with Crippen LogP contribution in [-0.4, -0.2) is 47.4 Å². The van der Waals surface area contributed by atoms with E-state index in [2.05, 4.69) is 31.3 Å². The Morgan fingerprint density at radius 2 is 0.588 bits per heavy atom. The molecule has 80 heavy (non-hydrogen) atoms. The van der Waals surface area contributed by atoms with E-state index >= 15 is 0 Å². The third kappa shape index (κ3) is 65.5. The number of carbonyl (C=O) groups excluding carboxylic acids is 2. The molecule has 0 aliphatic carbocycles. The molecule has 0 saturated carbocycles. The number of hydrogen-bond donors (Lipinski definition) is 3. The lowest BCUT2D eigenvalue weighted by Gasteiger charge is -2.20. The Morgan fingerprint density at radius 3 is 0.887 bits per heavy atom. The van der Waals surface area contributed by atoms with E-state index in [-0.39, 0.29) is 18.5 Å². The van der Waals surface area contributed by atoms with E-state index in [4.69, 9.17) is 4.74 Å². The van der Waals surface area contributed by atoms with Gasteiger partial charge in [0.25, 0.3) is 0 Å². The Hall–Kier alpha value is -1.66. The van der Waals surface area contributed by atoms with Crippen LogP contribution in [0.5, 0.6) is 0 Å². The number of amides is 1. The molecule has 0 bridgehead atoms. The summed E-state index contributed by atoms with van der Waals surface area (Å²) in [5, 5.41) is 23.3. The maximum absolute atomic E-state index is 12.5. The first-order valence-electron chi connectivity index (χ1n) is 36.6. The summed E-state index contributed by atoms with van der Waals surface area (Å²) in [7, 11) is 0. The highest BCUT2D eigenvalue weighted by atomic mass is 16.5. The van der Waals surface area contributed by atoms with Crippen LogP contribution in [0.3, 0.4) is 0 Å². The molecule has 0 saturated heterocycles. The average molecular weight is 1130 g/mol. The van der Waals surface area contributed by atoms with Gasteiger partial charge in [-0.15, -0.1) is 0 Å². The lowest BCUT2D eigenvalue weighted by molar-refractivity contribution is -0.143. The van der Waals surface area contributed by atoms with Crippen molar-refractivity contribution in [2.24, 2.45) is 0 Å². The van der Waals surface area contributed by atoms with Gasteiger partial charge in [0.1, 0.15) is 0 Å². The minimum atomic E-state index is -0.847. The van der Waals surface area contributed by atoms with Crippen LogP contribution in [0.25, 0.3) is 0 Å². The number of unbranched alkanes of at least 4 members (excludes halogenated alkanes) is 56. The van der Waals surface area contributed by atoms with Gasteiger partial charge in [-0.3, -0.25) is 9.59 Å². The van der Waals surface area contributed by atoms with Gasteiger partial charge in [-0.05, 0) is 57.8 Å². The van der Waals surface area contributed by atoms with E-state index in [0.717, 1.165) is 38.5 Å². The second-order valence-electron chi connectivity index (χ2n) is 25.3. The van der Waals surface area contributed by atoms with Crippen LogP contribution in [0.4, 0.5) is 0 Å². The zero-order valence-corrected chi connectivity index (χ0v) is 54.3. The minimum Gasteiger partial charge on any atom is -0.466 e. The van der Waals surface area contributed by atoms with Crippen LogP contribution in [0.1, 0.15) is 412 Å². The topological polar surface area (TPSA) is 95.9 Å². The molecule has 0 heterocycles. The Balaban J connectivity index is 3.42. The van der Waals surface area contributed by atoms with Gasteiger partial charge in [0.05, 0.1) is 25.4 Å². The van der Waals surface area contributed by atoms with E-state index in [9.17, 15) is 19.8 Å². The summed E-state index contributed by atoms with van der Waals surface area (Å²) in [5.74, 6) is -0.0496. The number of rotatable bonds is 69. The number of carbonyl (C=O) groups is 2. The Kier molecular flexibility index (Phi) is 68.4. The van der Waals surface area contributed by atoms with Crippen LogP contribution in [0.15, 0.2) is 24.3 Å². The van der Waals surface area contributed by atoms with Crippen molar-refractivity contribution in [3.05, 3.63) is 24.3 Å². The van der Waals surface area contributed by atoms with Crippen molar-refractivity contribution in [1.82, 2.24) is 5.32 Å². The first-order chi connectivity index (χ1) is 39.5. The van der Waals surface area contributed by atoms with Gasteiger partial charge in [0.15, 0.2) is 0 Å². The Labute approximate surface area is 501 Å². The highest BCUT2D eigenvalue weighted by Crippen LogP contribution is 2.19. The van der Waals surface area contributed by atoms with Crippen molar-refractivity contribution in [3.8, 4) is 0 Å². The number of esters is 1. The van der Waals surface area contributed by atoms with E-state index in [0.29, 0.717) is 19.4 Å². The molecule has 6 nitrogen and oxygen atoms in total. The van der Waals surface area contributed by atoms with Crippen molar-refractivity contribution in [1.29, 1.82) is 0 Å². The summed E-state index contributed by atoms with van der Waals surface area (Å²) in [6.07, 6.45) is 88.4. The van der Waals surface area contributed by atoms with Gasteiger partial charge in [0.2, 0.25) is 5.91 Å². The summed E-state index contributed by atoms with van der Waals surface area (Å²) in [5.41, 5.74) is 0. The molecule has 0 aromatic heterocycles. The molecular formula is C74H143NO5. The standard InChI is InChI=1S/C74H143NO5/c1-3-5-7-9-11-13-15-17-18-19-20-21-22-25-28-31-34-37-40-43-46-50-54-58-62-66-72(77)71(70-76)75-73(78)67-63-59-55-51-47-44-41-38-35-32-29-26-23-24-27-30-33-36-39-42-45-49-53-57-61-65-69-80-74(79)68-64-60-56-52-48-16-14-12-10-8-6-4-2/h23,26,62,66,71-72,76-77H,3-22,24-25,27-61,63-65,67-70H2,1-2H3,(H,75,78)/b26-23-,66-62+. The van der Waals surface area contributed by atoms with E-state index in [1.165, 1.54) is 347 Å². The van der Waals surface area contributed by atoms with Crippen LogP contribution in [0, 0.1) is 0 Å². The first kappa shape index (κ1) is 78.3. The third-order valence-electron chi connectivity index (χ3n) is 17.2. The fraction of sp³-hybridized carbons (Fsp3) is 0.919. The van der Waals surface area contributed by atoms with E-state index < -0.39 is 12.1 Å². The fourth-order valence-electron chi connectivity index (χ4n) is 11.6. The van der Waals surface area contributed by atoms with E-state index in [1.54, 1.807) is 6.08 Å². The second-order valence-corrected chi connectivity index (χ2v) is 25.3. The molecule has 2 atom stereocenters. The van der Waals surface area contributed by atoms with Crippen LogP contribution in [0.2, 0.25) is 0 Å². The summed E-state index contributed by atoms with van der Waals surface area (Å²) in [4.78, 5) is 24.6. The third-order valence-corrected chi connectivity index (χ3v) is 17.2. The summed E-state index contributed by atoms with van der Waals surface area (Å²) < 4.78 is 5.48. The number of hydrogen-bond acceptors (Lipinski definition) is 5. The minimum absolute atomic E-state index is 0.0154. The van der Waals surface area contributed by atoms with Gasteiger partial charge in [-0.1, -0.05) is 366 Å². The number of nitrogens with one attached hydrogen (secondary N) is 1.